The third-order valence-electron chi connectivity index (χ3n) is 3.61. The molecule has 86 valence electrons. The average molecular weight is 219 g/mol. The Balaban J connectivity index is 2.46. The molecule has 0 saturated carbocycles. The summed E-state index contributed by atoms with van der Waals surface area (Å²) in [6.07, 6.45) is 1.68. The van der Waals surface area contributed by atoms with Gasteiger partial charge in [0.05, 0.1) is 0 Å². The van der Waals surface area contributed by atoms with Gasteiger partial charge >= 0.3 is 0 Å². The van der Waals surface area contributed by atoms with Crippen molar-refractivity contribution in [3.63, 3.8) is 0 Å². The molecule has 4 heteroatoms. The molecule has 0 aliphatic carbocycles. The smallest absolute Gasteiger partial charge is 0.248 e. The fraction of sp³-hybridized carbons (Fsp3) is 0.500. The van der Waals surface area contributed by atoms with Crippen molar-refractivity contribution >= 4 is 5.84 Å². The summed E-state index contributed by atoms with van der Waals surface area (Å²) < 4.78 is 0. The van der Waals surface area contributed by atoms with Crippen molar-refractivity contribution in [2.24, 2.45) is 4.99 Å². The third kappa shape index (κ3) is 1.45. The SMILES string of the molecule is CC1(C)N=C(c2ccccn2)[NH+]([O-])C1(C)C. The molecule has 1 aliphatic heterocycles. The molecule has 0 fully saturated rings. The van der Waals surface area contributed by atoms with Gasteiger partial charge in [-0.1, -0.05) is 6.07 Å². The van der Waals surface area contributed by atoms with Gasteiger partial charge in [0.25, 0.3) is 0 Å². The van der Waals surface area contributed by atoms with Gasteiger partial charge in [-0.3, -0.25) is 0 Å². The number of aromatic nitrogens is 1. The van der Waals surface area contributed by atoms with Gasteiger partial charge in [-0.2, -0.15) is 0 Å². The van der Waals surface area contributed by atoms with Crippen molar-refractivity contribution in [3.8, 4) is 0 Å². The van der Waals surface area contributed by atoms with E-state index in [1.165, 1.54) is 0 Å². The molecule has 0 aromatic carbocycles. The second-order valence-corrected chi connectivity index (χ2v) is 5.19. The molecule has 2 heterocycles. The first kappa shape index (κ1) is 11.2. The first-order valence-corrected chi connectivity index (χ1v) is 5.42. The largest absolute Gasteiger partial charge is 0.627 e. The van der Waals surface area contributed by atoms with Gasteiger partial charge in [-0.05, 0) is 39.8 Å². The summed E-state index contributed by atoms with van der Waals surface area (Å²) in [5.74, 6) is 0.510. The highest BCUT2D eigenvalue weighted by Crippen LogP contribution is 2.27. The number of rotatable bonds is 1. The molecule has 1 N–H and O–H groups in total. The Morgan fingerprint density at radius 1 is 1.19 bits per heavy atom. The van der Waals surface area contributed by atoms with Crippen molar-refractivity contribution in [3.05, 3.63) is 35.3 Å². The van der Waals surface area contributed by atoms with E-state index in [2.05, 4.69) is 9.98 Å². The summed E-state index contributed by atoms with van der Waals surface area (Å²) in [5.41, 5.74) is -0.150. The van der Waals surface area contributed by atoms with Crippen LogP contribution in [0, 0.1) is 5.21 Å². The standard InChI is InChI=1S/C12H17N3O/c1-11(2)12(3,4)15(16)10(14-11)9-7-5-6-8-13-9/h5-8,15H,1-4H3. The van der Waals surface area contributed by atoms with Gasteiger partial charge < -0.3 is 10.3 Å². The molecule has 1 aromatic rings. The molecule has 0 radical (unpaired) electrons. The van der Waals surface area contributed by atoms with Crippen LogP contribution in [0.4, 0.5) is 0 Å². The highest BCUT2D eigenvalue weighted by molar-refractivity contribution is 5.91. The van der Waals surface area contributed by atoms with E-state index in [9.17, 15) is 5.21 Å². The maximum absolute atomic E-state index is 12.3. The second kappa shape index (κ2) is 3.37. The molecule has 0 spiro atoms. The van der Waals surface area contributed by atoms with Crippen LogP contribution in [-0.2, 0) is 0 Å². The van der Waals surface area contributed by atoms with Crippen LogP contribution in [0.1, 0.15) is 33.4 Å². The van der Waals surface area contributed by atoms with E-state index in [1.54, 1.807) is 6.20 Å². The lowest BCUT2D eigenvalue weighted by atomic mass is 9.84. The Morgan fingerprint density at radius 3 is 2.31 bits per heavy atom. The van der Waals surface area contributed by atoms with E-state index in [-0.39, 0.29) is 10.6 Å². The highest BCUT2D eigenvalue weighted by Gasteiger charge is 2.50. The van der Waals surface area contributed by atoms with Crippen LogP contribution in [0.15, 0.2) is 29.4 Å². The zero-order valence-corrected chi connectivity index (χ0v) is 10.1. The van der Waals surface area contributed by atoms with Crippen LogP contribution >= 0.6 is 0 Å². The molecule has 1 aromatic heterocycles. The first-order valence-electron chi connectivity index (χ1n) is 5.42. The maximum atomic E-state index is 12.3. The normalized spacial score (nSPS) is 26.6. The van der Waals surface area contributed by atoms with Crippen LogP contribution in [0.5, 0.6) is 0 Å². The van der Waals surface area contributed by atoms with E-state index in [0.29, 0.717) is 11.5 Å². The number of hydrogen-bond acceptors (Lipinski definition) is 3. The van der Waals surface area contributed by atoms with E-state index in [4.69, 9.17) is 0 Å². The molecule has 0 saturated heterocycles. The number of amidine groups is 1. The summed E-state index contributed by atoms with van der Waals surface area (Å²) in [6, 6.07) is 5.53. The van der Waals surface area contributed by atoms with Gasteiger partial charge in [0, 0.05) is 6.20 Å². The highest BCUT2D eigenvalue weighted by atomic mass is 16.5. The molecule has 1 unspecified atom stereocenters. The Kier molecular flexibility index (Phi) is 2.36. The summed E-state index contributed by atoms with van der Waals surface area (Å²) >= 11 is 0. The van der Waals surface area contributed by atoms with Crippen molar-refractivity contribution in [2.45, 2.75) is 38.8 Å². The summed E-state index contributed by atoms with van der Waals surface area (Å²) in [6.45, 7) is 7.85. The quantitative estimate of drug-likeness (QED) is 0.710. The number of pyridine rings is 1. The number of aliphatic imine (C=N–C) groups is 1. The minimum absolute atomic E-state index is 0.0798. The number of hydroxylamine groups is 2. The molecule has 4 nitrogen and oxygen atoms in total. The molecule has 0 amide bonds. The van der Waals surface area contributed by atoms with Gasteiger partial charge in [-0.25, -0.2) is 9.98 Å². The molecule has 0 bridgehead atoms. The van der Waals surface area contributed by atoms with Crippen LogP contribution in [-0.4, -0.2) is 21.9 Å². The van der Waals surface area contributed by atoms with E-state index in [0.717, 1.165) is 0 Å². The summed E-state index contributed by atoms with van der Waals surface area (Å²) in [4.78, 5) is 8.72. The van der Waals surface area contributed by atoms with Gasteiger partial charge in [0.1, 0.15) is 16.8 Å². The Bertz CT molecular complexity index is 423. The van der Waals surface area contributed by atoms with Crippen LogP contribution in [0.3, 0.4) is 0 Å². The van der Waals surface area contributed by atoms with Crippen molar-refractivity contribution in [1.29, 1.82) is 0 Å². The number of nitrogens with one attached hydrogen (secondary N) is 1. The van der Waals surface area contributed by atoms with Crippen molar-refractivity contribution < 1.29 is 5.06 Å². The molecular weight excluding hydrogens is 202 g/mol. The molecule has 1 atom stereocenters. The van der Waals surface area contributed by atoms with E-state index < -0.39 is 5.54 Å². The Labute approximate surface area is 95.6 Å². The van der Waals surface area contributed by atoms with Crippen LogP contribution < -0.4 is 5.06 Å². The predicted octanol–water partition coefficient (Wildman–Crippen LogP) is 0.782. The zero-order valence-electron chi connectivity index (χ0n) is 10.1. The van der Waals surface area contributed by atoms with Crippen molar-refractivity contribution in [1.82, 2.24) is 4.98 Å². The zero-order chi connectivity index (χ0) is 12.0. The average Bonchev–Trinajstić information content (AvgIpc) is 2.40. The fourth-order valence-corrected chi connectivity index (χ4v) is 1.72. The lowest BCUT2D eigenvalue weighted by Gasteiger charge is -2.38. The molecule has 16 heavy (non-hydrogen) atoms. The third-order valence-corrected chi connectivity index (χ3v) is 3.61. The Hall–Kier alpha value is -1.26. The summed E-state index contributed by atoms with van der Waals surface area (Å²) in [7, 11) is 0. The van der Waals surface area contributed by atoms with Gasteiger partial charge in [-0.15, -0.1) is 0 Å². The number of hydrogen-bond donors (Lipinski definition) is 1. The van der Waals surface area contributed by atoms with E-state index in [1.807, 2.05) is 45.9 Å². The molecular formula is C12H17N3O. The van der Waals surface area contributed by atoms with Crippen molar-refractivity contribution in [2.75, 3.05) is 0 Å². The lowest BCUT2D eigenvalue weighted by Crippen LogP contribution is -3.17. The number of nitrogens with zero attached hydrogens (tertiary/aromatic N) is 2. The monoisotopic (exact) mass is 219 g/mol. The van der Waals surface area contributed by atoms with Crippen LogP contribution in [0.2, 0.25) is 0 Å². The first-order chi connectivity index (χ1) is 7.36. The predicted molar refractivity (Wildman–Crippen MR) is 63.3 cm³/mol. The Morgan fingerprint density at radius 2 is 1.88 bits per heavy atom. The maximum Gasteiger partial charge on any atom is 0.248 e. The topological polar surface area (TPSA) is 52.8 Å². The van der Waals surface area contributed by atoms with Gasteiger partial charge in [0.15, 0.2) is 0 Å². The minimum atomic E-state index is -0.458. The second-order valence-electron chi connectivity index (χ2n) is 5.19. The van der Waals surface area contributed by atoms with E-state index >= 15 is 0 Å². The number of quaternary nitrogens is 1. The van der Waals surface area contributed by atoms with Gasteiger partial charge in [0.2, 0.25) is 5.84 Å². The van der Waals surface area contributed by atoms with Crippen LogP contribution in [0.25, 0.3) is 0 Å². The summed E-state index contributed by atoms with van der Waals surface area (Å²) in [5, 5.41) is 12.4. The lowest BCUT2D eigenvalue weighted by molar-refractivity contribution is -0.805. The fourth-order valence-electron chi connectivity index (χ4n) is 1.72. The molecule has 1 aliphatic rings. The molecule has 2 rings (SSSR count). The minimum Gasteiger partial charge on any atom is -0.627 e.